The molecule has 0 saturated heterocycles. The van der Waals surface area contributed by atoms with Crippen molar-refractivity contribution in [2.45, 2.75) is 6.10 Å². The minimum Gasteiger partial charge on any atom is -0.486 e. The summed E-state index contributed by atoms with van der Waals surface area (Å²) in [5.41, 5.74) is 0.686. The summed E-state index contributed by atoms with van der Waals surface area (Å²) in [4.78, 5) is 3.92. The standard InChI is InChI=1S/C11H11N3O3/c15-10(11-12-6-13-14-11)7-1-2-8-9(5-7)17-4-3-16-8/h1-2,5-6,10,15H,3-4H2,(H,12,13,14). The summed E-state index contributed by atoms with van der Waals surface area (Å²) >= 11 is 0. The first-order valence-electron chi connectivity index (χ1n) is 5.27. The van der Waals surface area contributed by atoms with E-state index in [1.807, 2.05) is 0 Å². The summed E-state index contributed by atoms with van der Waals surface area (Å²) in [5.74, 6) is 1.75. The zero-order chi connectivity index (χ0) is 11.7. The average molecular weight is 233 g/mol. The Kier molecular flexibility index (Phi) is 2.41. The number of aliphatic hydroxyl groups excluding tert-OH is 1. The Morgan fingerprint density at radius 2 is 2.06 bits per heavy atom. The molecule has 2 heterocycles. The van der Waals surface area contributed by atoms with Crippen LogP contribution in [0, 0.1) is 0 Å². The number of fused-ring (bicyclic) bond motifs is 1. The number of benzene rings is 1. The van der Waals surface area contributed by atoms with E-state index in [-0.39, 0.29) is 0 Å². The highest BCUT2D eigenvalue weighted by Gasteiger charge is 2.18. The molecule has 3 rings (SSSR count). The zero-order valence-corrected chi connectivity index (χ0v) is 8.96. The number of aliphatic hydroxyl groups is 1. The van der Waals surface area contributed by atoms with Crippen molar-refractivity contribution in [2.24, 2.45) is 0 Å². The fourth-order valence-corrected chi connectivity index (χ4v) is 1.73. The molecule has 1 aromatic heterocycles. The second-order valence-corrected chi connectivity index (χ2v) is 3.68. The molecule has 0 fully saturated rings. The molecule has 1 unspecified atom stereocenters. The number of rotatable bonds is 2. The van der Waals surface area contributed by atoms with Crippen LogP contribution in [0.3, 0.4) is 0 Å². The highest BCUT2D eigenvalue weighted by molar-refractivity contribution is 5.45. The predicted molar refractivity (Wildman–Crippen MR) is 57.9 cm³/mol. The van der Waals surface area contributed by atoms with Crippen LogP contribution in [-0.2, 0) is 0 Å². The minimum atomic E-state index is -0.840. The lowest BCUT2D eigenvalue weighted by atomic mass is 10.1. The van der Waals surface area contributed by atoms with E-state index in [9.17, 15) is 5.11 Å². The van der Waals surface area contributed by atoms with Gasteiger partial charge in [0.05, 0.1) is 0 Å². The van der Waals surface area contributed by atoms with E-state index >= 15 is 0 Å². The van der Waals surface area contributed by atoms with E-state index in [1.54, 1.807) is 18.2 Å². The van der Waals surface area contributed by atoms with Crippen LogP contribution in [0.15, 0.2) is 24.5 Å². The summed E-state index contributed by atoms with van der Waals surface area (Å²) < 4.78 is 10.9. The lowest BCUT2D eigenvalue weighted by molar-refractivity contribution is 0.169. The number of hydrogen-bond donors (Lipinski definition) is 2. The molecule has 0 bridgehead atoms. The van der Waals surface area contributed by atoms with Gasteiger partial charge in [0.25, 0.3) is 0 Å². The molecule has 17 heavy (non-hydrogen) atoms. The van der Waals surface area contributed by atoms with Crippen LogP contribution >= 0.6 is 0 Å². The highest BCUT2D eigenvalue weighted by Crippen LogP contribution is 2.33. The molecular formula is C11H11N3O3. The molecule has 1 aromatic carbocycles. The molecule has 2 N–H and O–H groups in total. The van der Waals surface area contributed by atoms with E-state index in [0.717, 1.165) is 0 Å². The number of ether oxygens (including phenoxy) is 2. The van der Waals surface area contributed by atoms with Crippen molar-refractivity contribution in [3.05, 3.63) is 35.9 Å². The lowest BCUT2D eigenvalue weighted by Crippen LogP contribution is -2.15. The van der Waals surface area contributed by atoms with Crippen LogP contribution in [0.1, 0.15) is 17.5 Å². The molecule has 1 aliphatic rings. The van der Waals surface area contributed by atoms with Gasteiger partial charge in [-0.2, -0.15) is 5.10 Å². The first-order chi connectivity index (χ1) is 8.34. The lowest BCUT2D eigenvalue weighted by Gasteiger charge is -2.19. The second kappa shape index (κ2) is 4.06. The molecule has 1 aliphatic heterocycles. The Morgan fingerprint density at radius 1 is 1.24 bits per heavy atom. The van der Waals surface area contributed by atoms with Crippen molar-refractivity contribution < 1.29 is 14.6 Å². The quantitative estimate of drug-likeness (QED) is 0.796. The van der Waals surface area contributed by atoms with E-state index in [1.165, 1.54) is 6.33 Å². The van der Waals surface area contributed by atoms with Gasteiger partial charge in [0.1, 0.15) is 25.6 Å². The van der Waals surface area contributed by atoms with Gasteiger partial charge in [0, 0.05) is 0 Å². The topological polar surface area (TPSA) is 80.3 Å². The van der Waals surface area contributed by atoms with Crippen molar-refractivity contribution in [3.8, 4) is 11.5 Å². The summed E-state index contributed by atoms with van der Waals surface area (Å²) in [5, 5.41) is 16.4. The Balaban J connectivity index is 1.93. The fourth-order valence-electron chi connectivity index (χ4n) is 1.73. The third kappa shape index (κ3) is 1.83. The fraction of sp³-hybridized carbons (Fsp3) is 0.273. The van der Waals surface area contributed by atoms with Crippen molar-refractivity contribution in [2.75, 3.05) is 13.2 Å². The van der Waals surface area contributed by atoms with Crippen molar-refractivity contribution >= 4 is 0 Å². The Hall–Kier alpha value is -2.08. The molecule has 0 spiro atoms. The third-order valence-electron chi connectivity index (χ3n) is 2.57. The summed E-state index contributed by atoms with van der Waals surface area (Å²) in [6.07, 6.45) is 0.518. The van der Waals surface area contributed by atoms with Gasteiger partial charge in [-0.25, -0.2) is 4.98 Å². The van der Waals surface area contributed by atoms with Crippen LogP contribution in [-0.4, -0.2) is 33.5 Å². The summed E-state index contributed by atoms with van der Waals surface area (Å²) in [6, 6.07) is 5.31. The molecule has 6 nitrogen and oxygen atoms in total. The van der Waals surface area contributed by atoms with Crippen LogP contribution in [0.25, 0.3) is 0 Å². The van der Waals surface area contributed by atoms with Gasteiger partial charge < -0.3 is 14.6 Å². The van der Waals surface area contributed by atoms with Crippen LogP contribution in [0.4, 0.5) is 0 Å². The van der Waals surface area contributed by atoms with Crippen LogP contribution < -0.4 is 9.47 Å². The van der Waals surface area contributed by atoms with E-state index in [0.29, 0.717) is 36.1 Å². The van der Waals surface area contributed by atoms with Crippen LogP contribution in [0.5, 0.6) is 11.5 Å². The van der Waals surface area contributed by atoms with Gasteiger partial charge in [-0.3, -0.25) is 5.10 Å². The van der Waals surface area contributed by atoms with E-state index in [2.05, 4.69) is 15.2 Å². The van der Waals surface area contributed by atoms with Crippen molar-refractivity contribution in [1.29, 1.82) is 0 Å². The molecule has 0 radical (unpaired) electrons. The van der Waals surface area contributed by atoms with E-state index < -0.39 is 6.10 Å². The number of aromatic nitrogens is 3. The van der Waals surface area contributed by atoms with Crippen molar-refractivity contribution in [3.63, 3.8) is 0 Å². The summed E-state index contributed by atoms with van der Waals surface area (Å²) in [6.45, 7) is 1.08. The number of aromatic amines is 1. The zero-order valence-electron chi connectivity index (χ0n) is 8.96. The SMILES string of the molecule is OC(c1ccc2c(c1)OCCO2)c1ncn[nH]1. The smallest absolute Gasteiger partial charge is 0.161 e. The molecule has 0 aliphatic carbocycles. The molecule has 88 valence electrons. The van der Waals surface area contributed by atoms with E-state index in [4.69, 9.17) is 9.47 Å². The predicted octanol–water partition coefficient (Wildman–Crippen LogP) is 0.658. The minimum absolute atomic E-state index is 0.404. The van der Waals surface area contributed by atoms with Gasteiger partial charge in [-0.1, -0.05) is 6.07 Å². The molecule has 6 heteroatoms. The molecule has 1 atom stereocenters. The maximum atomic E-state index is 10.1. The number of nitrogens with one attached hydrogen (secondary N) is 1. The Bertz CT molecular complexity index is 513. The van der Waals surface area contributed by atoms with Crippen LogP contribution in [0.2, 0.25) is 0 Å². The number of hydrogen-bond acceptors (Lipinski definition) is 5. The molecule has 0 saturated carbocycles. The first-order valence-corrected chi connectivity index (χ1v) is 5.27. The largest absolute Gasteiger partial charge is 0.486 e. The molecule has 2 aromatic rings. The molecular weight excluding hydrogens is 222 g/mol. The van der Waals surface area contributed by atoms with Gasteiger partial charge in [0.2, 0.25) is 0 Å². The van der Waals surface area contributed by atoms with Gasteiger partial charge >= 0.3 is 0 Å². The third-order valence-corrected chi connectivity index (χ3v) is 2.57. The monoisotopic (exact) mass is 233 g/mol. The van der Waals surface area contributed by atoms with Crippen molar-refractivity contribution in [1.82, 2.24) is 15.2 Å². The maximum absolute atomic E-state index is 10.1. The highest BCUT2D eigenvalue weighted by atomic mass is 16.6. The molecule has 0 amide bonds. The second-order valence-electron chi connectivity index (χ2n) is 3.68. The number of H-pyrrole nitrogens is 1. The van der Waals surface area contributed by atoms with Gasteiger partial charge in [-0.15, -0.1) is 0 Å². The maximum Gasteiger partial charge on any atom is 0.161 e. The van der Waals surface area contributed by atoms with Gasteiger partial charge in [-0.05, 0) is 17.7 Å². The normalized spacial score (nSPS) is 15.6. The summed E-state index contributed by atoms with van der Waals surface area (Å²) in [7, 11) is 0. The van der Waals surface area contributed by atoms with Gasteiger partial charge in [0.15, 0.2) is 17.3 Å². The Morgan fingerprint density at radius 3 is 2.82 bits per heavy atom. The Labute approximate surface area is 97.2 Å². The average Bonchev–Trinajstić information content (AvgIpc) is 2.91. The number of nitrogens with zero attached hydrogens (tertiary/aromatic N) is 2. The first kappa shape index (κ1) is 10.1.